The lowest BCUT2D eigenvalue weighted by atomic mass is 10.1. The minimum absolute atomic E-state index is 0.00416. The molecule has 0 aliphatic carbocycles. The van der Waals surface area contributed by atoms with E-state index in [1.54, 1.807) is 17.4 Å². The Hall–Kier alpha value is -2.04. The van der Waals surface area contributed by atoms with E-state index >= 15 is 0 Å². The molecular weight excluding hydrogens is 328 g/mol. The molecule has 0 spiro atoms. The molecule has 0 saturated heterocycles. The number of carbonyl (C=O) groups is 1. The van der Waals surface area contributed by atoms with Crippen LogP contribution in [0.2, 0.25) is 5.02 Å². The molecular formula is C18H17ClN2OS. The van der Waals surface area contributed by atoms with Gasteiger partial charge in [0, 0.05) is 28.0 Å². The van der Waals surface area contributed by atoms with Crippen molar-refractivity contribution in [3.05, 3.63) is 75.7 Å². The van der Waals surface area contributed by atoms with Crippen LogP contribution in [0.3, 0.4) is 0 Å². The number of aryl methyl sites for hydroxylation is 1. The number of carbonyl (C=O) groups excluding carboxylic acids is 1. The van der Waals surface area contributed by atoms with Gasteiger partial charge >= 0.3 is 0 Å². The molecule has 5 heteroatoms. The summed E-state index contributed by atoms with van der Waals surface area (Å²) in [4.78, 5) is 13.7. The highest BCUT2D eigenvalue weighted by Gasteiger charge is 2.18. The average molecular weight is 345 g/mol. The van der Waals surface area contributed by atoms with E-state index < -0.39 is 0 Å². The summed E-state index contributed by atoms with van der Waals surface area (Å²) in [6, 6.07) is 13.5. The van der Waals surface area contributed by atoms with Gasteiger partial charge < -0.3 is 9.88 Å². The second-order valence-corrected chi connectivity index (χ2v) is 6.79. The molecule has 0 saturated carbocycles. The summed E-state index contributed by atoms with van der Waals surface area (Å²) in [5.74, 6) is -0.0255. The predicted molar refractivity (Wildman–Crippen MR) is 96.3 cm³/mol. The van der Waals surface area contributed by atoms with Crippen molar-refractivity contribution in [3.63, 3.8) is 0 Å². The second kappa shape index (κ2) is 7.02. The molecule has 0 aliphatic rings. The van der Waals surface area contributed by atoms with Crippen molar-refractivity contribution in [1.29, 1.82) is 0 Å². The third kappa shape index (κ3) is 3.84. The third-order valence-electron chi connectivity index (χ3n) is 3.71. The molecule has 3 aromatic rings. The van der Waals surface area contributed by atoms with Gasteiger partial charge in [-0.25, -0.2) is 0 Å². The number of benzene rings is 1. The number of rotatable bonds is 5. The molecule has 0 bridgehead atoms. The summed E-state index contributed by atoms with van der Waals surface area (Å²) in [6.07, 6.45) is 4.35. The van der Waals surface area contributed by atoms with E-state index in [0.717, 1.165) is 11.3 Å². The van der Waals surface area contributed by atoms with Crippen molar-refractivity contribution in [1.82, 2.24) is 4.57 Å². The smallest absolute Gasteiger partial charge is 0.226 e. The van der Waals surface area contributed by atoms with Crippen LogP contribution in [0, 0.1) is 6.92 Å². The molecule has 118 valence electrons. The Morgan fingerprint density at radius 2 is 2.04 bits per heavy atom. The fraction of sp³-hybridized carbons (Fsp3) is 0.167. The zero-order chi connectivity index (χ0) is 16.2. The molecule has 2 heterocycles. The zero-order valence-electron chi connectivity index (χ0n) is 12.7. The maximum Gasteiger partial charge on any atom is 0.226 e. The number of thiophene rings is 1. The zero-order valence-corrected chi connectivity index (χ0v) is 14.3. The Bertz CT molecular complexity index is 747. The Labute approximate surface area is 144 Å². The molecule has 1 N–H and O–H groups in total. The highest BCUT2D eigenvalue weighted by molar-refractivity contribution is 7.10. The van der Waals surface area contributed by atoms with Crippen LogP contribution in [0.15, 0.2) is 60.2 Å². The molecule has 3 nitrogen and oxygen atoms in total. The predicted octanol–water partition coefficient (Wildman–Crippen LogP) is 5.13. The number of hydrogen-bond acceptors (Lipinski definition) is 2. The standard InChI is InChI=1S/C18H17ClN2OS/c1-13-6-7-14(19)11-15(13)20-18(22)12-16(17-5-4-10-23-17)21-8-2-3-9-21/h2-11,16H,12H2,1H3,(H,20,22)/t16-/m1/s1. The molecule has 1 aromatic carbocycles. The first-order chi connectivity index (χ1) is 11.1. The topological polar surface area (TPSA) is 34.0 Å². The van der Waals surface area contributed by atoms with E-state index in [-0.39, 0.29) is 11.9 Å². The van der Waals surface area contributed by atoms with Gasteiger partial charge in [0.2, 0.25) is 5.91 Å². The maximum absolute atomic E-state index is 12.5. The van der Waals surface area contributed by atoms with Gasteiger partial charge in [-0.05, 0) is 48.2 Å². The molecule has 0 aliphatic heterocycles. The van der Waals surface area contributed by atoms with Gasteiger partial charge in [-0.1, -0.05) is 23.7 Å². The van der Waals surface area contributed by atoms with Gasteiger partial charge in [0.15, 0.2) is 0 Å². The molecule has 0 fully saturated rings. The molecule has 23 heavy (non-hydrogen) atoms. The SMILES string of the molecule is Cc1ccc(Cl)cc1NC(=O)C[C@H](c1cccs1)n1cccc1. The molecule has 1 amide bonds. The first-order valence-corrected chi connectivity index (χ1v) is 8.61. The molecule has 3 rings (SSSR count). The lowest BCUT2D eigenvalue weighted by Crippen LogP contribution is -2.19. The Morgan fingerprint density at radius 1 is 1.26 bits per heavy atom. The van der Waals surface area contributed by atoms with Crippen molar-refractivity contribution in [3.8, 4) is 0 Å². The quantitative estimate of drug-likeness (QED) is 0.684. The van der Waals surface area contributed by atoms with Gasteiger partial charge in [-0.2, -0.15) is 0 Å². The minimum atomic E-state index is -0.0255. The fourth-order valence-electron chi connectivity index (χ4n) is 2.50. The van der Waals surface area contributed by atoms with Crippen LogP contribution in [0.1, 0.15) is 22.9 Å². The van der Waals surface area contributed by atoms with Gasteiger partial charge in [0.1, 0.15) is 0 Å². The Balaban J connectivity index is 1.78. The number of anilines is 1. The van der Waals surface area contributed by atoms with E-state index in [9.17, 15) is 4.79 Å². The van der Waals surface area contributed by atoms with Crippen LogP contribution in [0.25, 0.3) is 0 Å². The lowest BCUT2D eigenvalue weighted by Gasteiger charge is -2.18. The van der Waals surface area contributed by atoms with Gasteiger partial charge in [-0.3, -0.25) is 4.79 Å². The van der Waals surface area contributed by atoms with Crippen molar-refractivity contribution in [2.24, 2.45) is 0 Å². The normalized spacial score (nSPS) is 12.1. The van der Waals surface area contributed by atoms with Crippen LogP contribution in [0.4, 0.5) is 5.69 Å². The monoisotopic (exact) mass is 344 g/mol. The first kappa shape index (κ1) is 15.8. The van der Waals surface area contributed by atoms with Crippen LogP contribution in [-0.4, -0.2) is 10.5 Å². The maximum atomic E-state index is 12.5. The fourth-order valence-corrected chi connectivity index (χ4v) is 3.50. The average Bonchev–Trinajstić information content (AvgIpc) is 3.21. The van der Waals surface area contributed by atoms with Crippen LogP contribution < -0.4 is 5.32 Å². The van der Waals surface area contributed by atoms with Crippen LogP contribution >= 0.6 is 22.9 Å². The number of nitrogens with zero attached hydrogens (tertiary/aromatic N) is 1. The number of amides is 1. The lowest BCUT2D eigenvalue weighted by molar-refractivity contribution is -0.116. The van der Waals surface area contributed by atoms with E-state index in [0.29, 0.717) is 11.4 Å². The van der Waals surface area contributed by atoms with Crippen molar-refractivity contribution < 1.29 is 4.79 Å². The Morgan fingerprint density at radius 3 is 2.74 bits per heavy atom. The summed E-state index contributed by atoms with van der Waals surface area (Å²) in [5.41, 5.74) is 1.76. The van der Waals surface area contributed by atoms with Crippen LogP contribution in [0.5, 0.6) is 0 Å². The number of aromatic nitrogens is 1. The largest absolute Gasteiger partial charge is 0.346 e. The third-order valence-corrected chi connectivity index (χ3v) is 4.92. The molecule has 0 unspecified atom stereocenters. The van der Waals surface area contributed by atoms with E-state index in [2.05, 4.69) is 16.0 Å². The van der Waals surface area contributed by atoms with Gasteiger partial charge in [-0.15, -0.1) is 11.3 Å². The number of halogens is 1. The molecule has 2 aromatic heterocycles. The summed E-state index contributed by atoms with van der Waals surface area (Å²) in [5, 5.41) is 5.62. The van der Waals surface area contributed by atoms with E-state index in [1.807, 2.05) is 55.0 Å². The van der Waals surface area contributed by atoms with Gasteiger partial charge in [0.05, 0.1) is 12.5 Å². The number of nitrogens with one attached hydrogen (secondary N) is 1. The minimum Gasteiger partial charge on any atom is -0.346 e. The van der Waals surface area contributed by atoms with Crippen molar-refractivity contribution >= 4 is 34.5 Å². The second-order valence-electron chi connectivity index (χ2n) is 5.37. The molecule has 1 atom stereocenters. The summed E-state index contributed by atoms with van der Waals surface area (Å²) in [6.45, 7) is 1.95. The van der Waals surface area contributed by atoms with Crippen molar-refractivity contribution in [2.45, 2.75) is 19.4 Å². The summed E-state index contributed by atoms with van der Waals surface area (Å²) < 4.78 is 2.07. The highest BCUT2D eigenvalue weighted by Crippen LogP contribution is 2.27. The van der Waals surface area contributed by atoms with Crippen molar-refractivity contribution in [2.75, 3.05) is 5.32 Å². The summed E-state index contributed by atoms with van der Waals surface area (Å²) >= 11 is 7.68. The Kier molecular flexibility index (Phi) is 4.84. The first-order valence-electron chi connectivity index (χ1n) is 7.35. The van der Waals surface area contributed by atoms with Crippen LogP contribution in [-0.2, 0) is 4.79 Å². The molecule has 0 radical (unpaired) electrons. The summed E-state index contributed by atoms with van der Waals surface area (Å²) in [7, 11) is 0. The number of hydrogen-bond donors (Lipinski definition) is 1. The van der Waals surface area contributed by atoms with E-state index in [4.69, 9.17) is 11.6 Å². The van der Waals surface area contributed by atoms with Gasteiger partial charge in [0.25, 0.3) is 0 Å². The van der Waals surface area contributed by atoms with E-state index in [1.165, 1.54) is 4.88 Å². The highest BCUT2D eigenvalue weighted by atomic mass is 35.5.